The first kappa shape index (κ1) is 10.6. The van der Waals surface area contributed by atoms with Gasteiger partial charge in [-0.05, 0) is 33.9 Å². The lowest BCUT2D eigenvalue weighted by molar-refractivity contribution is 0.294. The Kier molecular flexibility index (Phi) is 6.13. The molecule has 0 spiro atoms. The van der Waals surface area contributed by atoms with Crippen LogP contribution in [0.3, 0.4) is 0 Å². The molecule has 0 heterocycles. The summed E-state index contributed by atoms with van der Waals surface area (Å²) in [5.74, 6) is 0. The molecule has 11 heavy (non-hydrogen) atoms. The van der Waals surface area contributed by atoms with Crippen molar-refractivity contribution in [3.63, 3.8) is 0 Å². The minimum absolute atomic E-state index is 0.658. The standard InChI is InChI=1S/C9H20N2/c1-5-9(11(3)4)7-8-10-6-2/h8-9H,5-7H2,1-4H3. The molecule has 2 heteroatoms. The molecule has 0 saturated carbocycles. The summed E-state index contributed by atoms with van der Waals surface area (Å²) in [6, 6.07) is 0.658. The number of aliphatic imine (C=N–C) groups is 1. The SMILES string of the molecule is CCN=CCC(CC)N(C)C. The van der Waals surface area contributed by atoms with Gasteiger partial charge in [0.25, 0.3) is 0 Å². The van der Waals surface area contributed by atoms with Crippen molar-refractivity contribution in [1.82, 2.24) is 4.90 Å². The third kappa shape index (κ3) is 4.96. The summed E-state index contributed by atoms with van der Waals surface area (Å²) in [5, 5.41) is 0. The first-order valence-electron chi connectivity index (χ1n) is 4.37. The third-order valence-corrected chi connectivity index (χ3v) is 1.89. The van der Waals surface area contributed by atoms with Crippen LogP contribution in [0.5, 0.6) is 0 Å². The van der Waals surface area contributed by atoms with Crippen molar-refractivity contribution in [1.29, 1.82) is 0 Å². The van der Waals surface area contributed by atoms with Gasteiger partial charge in [-0.1, -0.05) is 6.92 Å². The molecular formula is C9H20N2. The van der Waals surface area contributed by atoms with Crippen LogP contribution >= 0.6 is 0 Å². The van der Waals surface area contributed by atoms with Crippen LogP contribution in [0, 0.1) is 0 Å². The Morgan fingerprint density at radius 1 is 1.36 bits per heavy atom. The molecule has 0 aromatic heterocycles. The van der Waals surface area contributed by atoms with E-state index in [1.165, 1.54) is 6.42 Å². The largest absolute Gasteiger partial charge is 0.306 e. The van der Waals surface area contributed by atoms with Gasteiger partial charge in [-0.3, -0.25) is 4.99 Å². The first-order valence-corrected chi connectivity index (χ1v) is 4.37. The Bertz CT molecular complexity index is 108. The Morgan fingerprint density at radius 3 is 2.36 bits per heavy atom. The van der Waals surface area contributed by atoms with E-state index in [9.17, 15) is 0 Å². The normalized spacial score (nSPS) is 14.6. The lowest BCUT2D eigenvalue weighted by atomic mass is 10.1. The van der Waals surface area contributed by atoms with Gasteiger partial charge in [0.05, 0.1) is 0 Å². The zero-order valence-electron chi connectivity index (χ0n) is 8.17. The predicted octanol–water partition coefficient (Wildman–Crippen LogP) is 1.81. The molecule has 0 aliphatic carbocycles. The summed E-state index contributed by atoms with van der Waals surface area (Å²) in [6.07, 6.45) is 4.31. The van der Waals surface area contributed by atoms with E-state index >= 15 is 0 Å². The number of hydrogen-bond acceptors (Lipinski definition) is 2. The highest BCUT2D eigenvalue weighted by molar-refractivity contribution is 5.57. The van der Waals surface area contributed by atoms with Gasteiger partial charge in [-0.15, -0.1) is 0 Å². The van der Waals surface area contributed by atoms with Crippen LogP contribution in [0.25, 0.3) is 0 Å². The van der Waals surface area contributed by atoms with Crippen LogP contribution in [0.1, 0.15) is 26.7 Å². The van der Waals surface area contributed by atoms with Crippen LogP contribution < -0.4 is 0 Å². The van der Waals surface area contributed by atoms with E-state index in [1.54, 1.807) is 0 Å². The van der Waals surface area contributed by atoms with Gasteiger partial charge in [0.15, 0.2) is 0 Å². The fraction of sp³-hybridized carbons (Fsp3) is 0.889. The molecule has 0 aromatic rings. The van der Waals surface area contributed by atoms with E-state index in [4.69, 9.17) is 0 Å². The molecule has 2 nitrogen and oxygen atoms in total. The van der Waals surface area contributed by atoms with Crippen molar-refractivity contribution in [2.24, 2.45) is 4.99 Å². The lowest BCUT2D eigenvalue weighted by Crippen LogP contribution is -2.27. The van der Waals surface area contributed by atoms with Gasteiger partial charge < -0.3 is 4.90 Å². The highest BCUT2D eigenvalue weighted by Crippen LogP contribution is 2.01. The fourth-order valence-electron chi connectivity index (χ4n) is 1.07. The molecule has 0 aliphatic rings. The molecule has 0 rings (SSSR count). The van der Waals surface area contributed by atoms with Crippen molar-refractivity contribution in [3.8, 4) is 0 Å². The van der Waals surface area contributed by atoms with Gasteiger partial charge in [0.1, 0.15) is 0 Å². The van der Waals surface area contributed by atoms with Crippen molar-refractivity contribution in [3.05, 3.63) is 0 Å². The highest BCUT2D eigenvalue weighted by Gasteiger charge is 2.05. The average Bonchev–Trinajstić information content (AvgIpc) is 1.97. The van der Waals surface area contributed by atoms with E-state index in [-0.39, 0.29) is 0 Å². The summed E-state index contributed by atoms with van der Waals surface area (Å²) in [7, 11) is 4.24. The van der Waals surface area contributed by atoms with Gasteiger partial charge >= 0.3 is 0 Å². The average molecular weight is 156 g/mol. The summed E-state index contributed by atoms with van der Waals surface area (Å²) in [4.78, 5) is 6.44. The number of nitrogens with zero attached hydrogens (tertiary/aromatic N) is 2. The van der Waals surface area contributed by atoms with E-state index in [1.807, 2.05) is 6.21 Å². The summed E-state index contributed by atoms with van der Waals surface area (Å²) < 4.78 is 0. The topological polar surface area (TPSA) is 15.6 Å². The Balaban J connectivity index is 3.60. The number of rotatable bonds is 5. The predicted molar refractivity (Wildman–Crippen MR) is 51.4 cm³/mol. The van der Waals surface area contributed by atoms with Crippen LogP contribution in [0.2, 0.25) is 0 Å². The van der Waals surface area contributed by atoms with Gasteiger partial charge in [0.2, 0.25) is 0 Å². The number of hydrogen-bond donors (Lipinski definition) is 0. The Hall–Kier alpha value is -0.370. The summed E-state index contributed by atoms with van der Waals surface area (Å²) in [6.45, 7) is 5.18. The maximum Gasteiger partial charge on any atom is 0.0357 e. The first-order chi connectivity index (χ1) is 5.22. The van der Waals surface area contributed by atoms with E-state index in [2.05, 4.69) is 37.8 Å². The second kappa shape index (κ2) is 6.35. The molecule has 0 N–H and O–H groups in total. The lowest BCUT2D eigenvalue weighted by Gasteiger charge is -2.20. The quantitative estimate of drug-likeness (QED) is 0.554. The minimum Gasteiger partial charge on any atom is -0.306 e. The van der Waals surface area contributed by atoms with E-state index in [0.29, 0.717) is 6.04 Å². The van der Waals surface area contributed by atoms with Crippen LogP contribution in [0.15, 0.2) is 4.99 Å². The zero-order chi connectivity index (χ0) is 8.69. The Morgan fingerprint density at radius 2 is 2.00 bits per heavy atom. The molecule has 0 aromatic carbocycles. The molecule has 0 bridgehead atoms. The fourth-order valence-corrected chi connectivity index (χ4v) is 1.07. The van der Waals surface area contributed by atoms with Crippen molar-refractivity contribution in [2.45, 2.75) is 32.7 Å². The molecule has 1 atom stereocenters. The molecule has 0 aliphatic heterocycles. The van der Waals surface area contributed by atoms with Crippen LogP contribution in [0.4, 0.5) is 0 Å². The molecular weight excluding hydrogens is 136 g/mol. The van der Waals surface area contributed by atoms with Gasteiger partial charge in [-0.2, -0.15) is 0 Å². The maximum atomic E-state index is 4.19. The van der Waals surface area contributed by atoms with E-state index < -0.39 is 0 Å². The molecule has 0 saturated heterocycles. The second-order valence-electron chi connectivity index (χ2n) is 2.94. The summed E-state index contributed by atoms with van der Waals surface area (Å²) >= 11 is 0. The minimum atomic E-state index is 0.658. The smallest absolute Gasteiger partial charge is 0.0357 e. The maximum absolute atomic E-state index is 4.19. The zero-order valence-corrected chi connectivity index (χ0v) is 8.17. The van der Waals surface area contributed by atoms with Crippen LogP contribution in [-0.2, 0) is 0 Å². The monoisotopic (exact) mass is 156 g/mol. The van der Waals surface area contributed by atoms with Gasteiger partial charge in [0, 0.05) is 18.8 Å². The van der Waals surface area contributed by atoms with Crippen molar-refractivity contribution >= 4 is 6.21 Å². The highest BCUT2D eigenvalue weighted by atomic mass is 15.1. The molecule has 0 radical (unpaired) electrons. The molecule has 66 valence electrons. The van der Waals surface area contributed by atoms with Crippen molar-refractivity contribution < 1.29 is 0 Å². The molecule has 1 unspecified atom stereocenters. The van der Waals surface area contributed by atoms with Crippen molar-refractivity contribution in [2.75, 3.05) is 20.6 Å². The van der Waals surface area contributed by atoms with Gasteiger partial charge in [-0.25, -0.2) is 0 Å². The second-order valence-corrected chi connectivity index (χ2v) is 2.94. The Labute approximate surface area is 70.3 Å². The molecule has 0 amide bonds. The van der Waals surface area contributed by atoms with Crippen LogP contribution in [-0.4, -0.2) is 37.8 Å². The summed E-state index contributed by atoms with van der Waals surface area (Å²) in [5.41, 5.74) is 0. The third-order valence-electron chi connectivity index (χ3n) is 1.89. The van der Waals surface area contributed by atoms with E-state index in [0.717, 1.165) is 13.0 Å². The molecule has 0 fully saturated rings.